The van der Waals surface area contributed by atoms with Crippen LogP contribution in [0.3, 0.4) is 0 Å². The molecule has 0 amide bonds. The number of nitrogens with zero attached hydrogens (tertiary/aromatic N) is 2. The van der Waals surface area contributed by atoms with Crippen molar-refractivity contribution in [3.63, 3.8) is 0 Å². The van der Waals surface area contributed by atoms with Gasteiger partial charge in [0.2, 0.25) is 0 Å². The van der Waals surface area contributed by atoms with Gasteiger partial charge in [0.15, 0.2) is 0 Å². The van der Waals surface area contributed by atoms with E-state index in [4.69, 9.17) is 5.73 Å². The largest absolute Gasteiger partial charge is 0.394 e. The van der Waals surface area contributed by atoms with Crippen LogP contribution in [-0.4, -0.2) is 16.3 Å². The van der Waals surface area contributed by atoms with Crippen molar-refractivity contribution in [2.24, 2.45) is 0 Å². The van der Waals surface area contributed by atoms with E-state index < -0.39 is 0 Å². The summed E-state index contributed by atoms with van der Waals surface area (Å²) in [6, 6.07) is 0. The molecule has 0 aromatic carbocycles. The molecule has 4 heteroatoms. The second-order valence-electron chi connectivity index (χ2n) is 4.95. The van der Waals surface area contributed by atoms with Crippen molar-refractivity contribution in [2.45, 2.75) is 52.5 Å². The lowest BCUT2D eigenvalue weighted by Gasteiger charge is -2.14. The fourth-order valence-corrected chi connectivity index (χ4v) is 2.48. The van der Waals surface area contributed by atoms with E-state index >= 15 is 0 Å². The first-order valence-corrected chi connectivity index (χ1v) is 6.97. The maximum atomic E-state index is 6.04. The van der Waals surface area contributed by atoms with Crippen molar-refractivity contribution >= 4 is 11.5 Å². The third-order valence-electron chi connectivity index (χ3n) is 3.60. The number of nitrogens with two attached hydrogens (primary N) is 1. The fraction of sp³-hybridized carbons (Fsp3) is 0.643. The lowest BCUT2D eigenvalue weighted by atomic mass is 9.97. The van der Waals surface area contributed by atoms with Gasteiger partial charge in [-0.15, -0.1) is 0 Å². The zero-order valence-electron chi connectivity index (χ0n) is 11.5. The highest BCUT2D eigenvalue weighted by Gasteiger charge is 2.11. The lowest BCUT2D eigenvalue weighted by Crippen LogP contribution is -2.10. The Bertz CT molecular complexity index is 431. The minimum absolute atomic E-state index is 0.787. The predicted molar refractivity (Wildman–Crippen MR) is 76.7 cm³/mol. The zero-order chi connectivity index (χ0) is 13.0. The van der Waals surface area contributed by atoms with Crippen molar-refractivity contribution in [3.8, 4) is 0 Å². The third-order valence-corrected chi connectivity index (χ3v) is 3.60. The molecular formula is C14H24N4. The van der Waals surface area contributed by atoms with Crippen LogP contribution in [0.1, 0.15) is 44.7 Å². The van der Waals surface area contributed by atoms with Gasteiger partial charge in [-0.3, -0.25) is 0 Å². The van der Waals surface area contributed by atoms with Crippen molar-refractivity contribution in [1.82, 2.24) is 9.78 Å². The van der Waals surface area contributed by atoms with Crippen LogP contribution in [0, 0.1) is 6.92 Å². The van der Waals surface area contributed by atoms with Gasteiger partial charge >= 0.3 is 0 Å². The zero-order valence-corrected chi connectivity index (χ0v) is 11.5. The average molecular weight is 248 g/mol. The van der Waals surface area contributed by atoms with Crippen LogP contribution in [0.25, 0.3) is 0 Å². The standard InChI is InChI=1S/C14H24N4/c1-3-18-14(13(15)11(2)17-18)16-10-9-12-7-5-4-6-8-12/h7,16H,3-6,8-10,15H2,1-2H3. The van der Waals surface area contributed by atoms with E-state index in [0.717, 1.165) is 36.7 Å². The van der Waals surface area contributed by atoms with Gasteiger partial charge in [0.25, 0.3) is 0 Å². The maximum absolute atomic E-state index is 6.04. The summed E-state index contributed by atoms with van der Waals surface area (Å²) in [6.07, 6.45) is 8.74. The van der Waals surface area contributed by atoms with Gasteiger partial charge in [0, 0.05) is 13.1 Å². The number of aryl methyl sites for hydroxylation is 2. The van der Waals surface area contributed by atoms with Crippen LogP contribution in [0.15, 0.2) is 11.6 Å². The predicted octanol–water partition coefficient (Wildman–Crippen LogP) is 3.10. The number of aromatic nitrogens is 2. The molecule has 0 spiro atoms. The van der Waals surface area contributed by atoms with Crippen molar-refractivity contribution in [2.75, 3.05) is 17.6 Å². The number of anilines is 2. The molecule has 18 heavy (non-hydrogen) atoms. The molecule has 0 bridgehead atoms. The second kappa shape index (κ2) is 5.94. The summed E-state index contributed by atoms with van der Waals surface area (Å²) >= 11 is 0. The molecule has 1 aliphatic carbocycles. The minimum atomic E-state index is 0.787. The van der Waals surface area contributed by atoms with E-state index in [1.54, 1.807) is 5.57 Å². The summed E-state index contributed by atoms with van der Waals surface area (Å²) < 4.78 is 1.94. The molecule has 4 nitrogen and oxygen atoms in total. The number of allylic oxidation sites excluding steroid dienone is 1. The minimum Gasteiger partial charge on any atom is -0.394 e. The summed E-state index contributed by atoms with van der Waals surface area (Å²) in [5, 5.41) is 7.84. The number of hydrogen-bond acceptors (Lipinski definition) is 3. The highest BCUT2D eigenvalue weighted by Crippen LogP contribution is 2.23. The van der Waals surface area contributed by atoms with Gasteiger partial charge < -0.3 is 11.1 Å². The average Bonchev–Trinajstić information content (AvgIpc) is 2.67. The maximum Gasteiger partial charge on any atom is 0.148 e. The van der Waals surface area contributed by atoms with Gasteiger partial charge in [0.1, 0.15) is 5.82 Å². The van der Waals surface area contributed by atoms with Crippen molar-refractivity contribution in [3.05, 3.63) is 17.3 Å². The van der Waals surface area contributed by atoms with Gasteiger partial charge in [-0.1, -0.05) is 11.6 Å². The van der Waals surface area contributed by atoms with Crippen LogP contribution < -0.4 is 11.1 Å². The number of hydrogen-bond donors (Lipinski definition) is 2. The Hall–Kier alpha value is -1.45. The molecule has 0 saturated heterocycles. The Morgan fingerprint density at radius 2 is 2.28 bits per heavy atom. The molecule has 2 rings (SSSR count). The Kier molecular flexibility index (Phi) is 4.28. The fourth-order valence-electron chi connectivity index (χ4n) is 2.48. The van der Waals surface area contributed by atoms with Gasteiger partial charge in [-0.25, -0.2) is 4.68 Å². The van der Waals surface area contributed by atoms with E-state index in [9.17, 15) is 0 Å². The molecule has 0 fully saturated rings. The van der Waals surface area contributed by atoms with E-state index in [-0.39, 0.29) is 0 Å². The summed E-state index contributed by atoms with van der Waals surface area (Å²) in [7, 11) is 0. The molecule has 0 radical (unpaired) electrons. The Labute approximate surface area is 109 Å². The van der Waals surface area contributed by atoms with Crippen LogP contribution in [-0.2, 0) is 6.54 Å². The van der Waals surface area contributed by atoms with Crippen LogP contribution in [0.4, 0.5) is 11.5 Å². The first-order chi connectivity index (χ1) is 8.72. The summed E-state index contributed by atoms with van der Waals surface area (Å²) in [5.74, 6) is 0.978. The molecule has 1 aromatic rings. The highest BCUT2D eigenvalue weighted by atomic mass is 15.3. The molecule has 0 aliphatic heterocycles. The SMILES string of the molecule is CCn1nc(C)c(N)c1NCCC1=CCCCC1. The van der Waals surface area contributed by atoms with Crippen molar-refractivity contribution in [1.29, 1.82) is 0 Å². The van der Waals surface area contributed by atoms with Gasteiger partial charge in [-0.05, 0) is 46.0 Å². The van der Waals surface area contributed by atoms with E-state index in [1.165, 1.54) is 25.7 Å². The van der Waals surface area contributed by atoms with Crippen LogP contribution in [0.2, 0.25) is 0 Å². The smallest absolute Gasteiger partial charge is 0.148 e. The molecule has 100 valence electrons. The molecule has 1 heterocycles. The van der Waals surface area contributed by atoms with Crippen LogP contribution >= 0.6 is 0 Å². The van der Waals surface area contributed by atoms with Crippen LogP contribution in [0.5, 0.6) is 0 Å². The molecule has 0 unspecified atom stereocenters. The Morgan fingerprint density at radius 3 is 2.94 bits per heavy atom. The lowest BCUT2D eigenvalue weighted by molar-refractivity contribution is 0.653. The second-order valence-corrected chi connectivity index (χ2v) is 4.95. The molecule has 0 saturated carbocycles. The monoisotopic (exact) mass is 248 g/mol. The number of nitrogens with one attached hydrogen (secondary N) is 1. The normalized spacial score (nSPS) is 15.6. The molecule has 1 aliphatic rings. The van der Waals surface area contributed by atoms with E-state index in [0.29, 0.717) is 0 Å². The highest BCUT2D eigenvalue weighted by molar-refractivity contribution is 5.64. The van der Waals surface area contributed by atoms with E-state index in [2.05, 4.69) is 23.4 Å². The van der Waals surface area contributed by atoms with Crippen molar-refractivity contribution < 1.29 is 0 Å². The molecule has 3 N–H and O–H groups in total. The quantitative estimate of drug-likeness (QED) is 0.787. The topological polar surface area (TPSA) is 55.9 Å². The Balaban J connectivity index is 1.91. The molecule has 0 atom stereocenters. The first kappa shape index (κ1) is 13.0. The number of nitrogen functional groups attached to an aromatic ring is 1. The molecule has 1 aromatic heterocycles. The third kappa shape index (κ3) is 2.86. The summed E-state index contributed by atoms with van der Waals surface area (Å²) in [5.41, 5.74) is 9.33. The summed E-state index contributed by atoms with van der Waals surface area (Å²) in [6.45, 7) is 5.83. The summed E-state index contributed by atoms with van der Waals surface area (Å²) in [4.78, 5) is 0. The Morgan fingerprint density at radius 1 is 1.44 bits per heavy atom. The first-order valence-electron chi connectivity index (χ1n) is 6.97. The molecular weight excluding hydrogens is 224 g/mol. The van der Waals surface area contributed by atoms with Gasteiger partial charge in [0.05, 0.1) is 11.4 Å². The van der Waals surface area contributed by atoms with Gasteiger partial charge in [-0.2, -0.15) is 5.10 Å². The number of rotatable bonds is 5. The van der Waals surface area contributed by atoms with E-state index in [1.807, 2.05) is 11.6 Å².